The van der Waals surface area contributed by atoms with Gasteiger partial charge in [0.2, 0.25) is 0 Å². The van der Waals surface area contributed by atoms with Crippen LogP contribution in [0.5, 0.6) is 0 Å². The summed E-state index contributed by atoms with van der Waals surface area (Å²) in [6, 6.07) is 9.18. The average Bonchev–Trinajstić information content (AvgIpc) is 2.85. The van der Waals surface area contributed by atoms with Crippen LogP contribution in [0.25, 0.3) is 0 Å². The number of nitrogens with zero attached hydrogens (tertiary/aromatic N) is 1. The van der Waals surface area contributed by atoms with Gasteiger partial charge in [-0.25, -0.2) is 9.59 Å². The maximum absolute atomic E-state index is 12.2. The van der Waals surface area contributed by atoms with Crippen molar-refractivity contribution in [3.05, 3.63) is 47.2 Å². The summed E-state index contributed by atoms with van der Waals surface area (Å²) in [6.07, 6.45) is -0.822. The standard InChI is InChI=1S/C17H19NO5S/c1-17(2,3)23-15(20)13-12(19)10-24-14(13)18-16(21)22-9-11-7-5-4-6-8-11/h4-8,19H,9-10H2,1-3H3. The number of thioether (sulfide) groups is 1. The quantitative estimate of drug-likeness (QED) is 0.839. The highest BCUT2D eigenvalue weighted by Crippen LogP contribution is 2.28. The number of carbonyl (C=O) groups is 2. The van der Waals surface area contributed by atoms with Gasteiger partial charge < -0.3 is 14.6 Å². The van der Waals surface area contributed by atoms with Gasteiger partial charge in [-0.05, 0) is 26.3 Å². The number of carbonyl (C=O) groups excluding carboxylic acids is 2. The Balaban J connectivity index is 2.05. The highest BCUT2D eigenvalue weighted by Gasteiger charge is 2.32. The van der Waals surface area contributed by atoms with Crippen molar-refractivity contribution in [3.8, 4) is 0 Å². The molecule has 128 valence electrons. The summed E-state index contributed by atoms with van der Waals surface area (Å²) in [5.74, 6) is -0.692. The highest BCUT2D eigenvalue weighted by atomic mass is 32.2. The summed E-state index contributed by atoms with van der Waals surface area (Å²) in [5, 5.41) is 9.98. The van der Waals surface area contributed by atoms with Gasteiger partial charge in [0.1, 0.15) is 28.6 Å². The molecule has 0 aromatic heterocycles. The fraction of sp³-hybridized carbons (Fsp3) is 0.353. The zero-order chi connectivity index (χ0) is 17.7. The van der Waals surface area contributed by atoms with Crippen molar-refractivity contribution >= 4 is 28.9 Å². The van der Waals surface area contributed by atoms with Gasteiger partial charge in [0, 0.05) is 0 Å². The van der Waals surface area contributed by atoms with Gasteiger partial charge in [0.05, 0.1) is 5.75 Å². The fourth-order valence-corrected chi connectivity index (χ4v) is 2.76. The Labute approximate surface area is 144 Å². The molecule has 0 fully saturated rings. The molecule has 1 aromatic rings. The van der Waals surface area contributed by atoms with E-state index in [1.807, 2.05) is 30.3 Å². The lowest BCUT2D eigenvalue weighted by atomic mass is 10.2. The summed E-state index contributed by atoms with van der Waals surface area (Å²) in [4.78, 5) is 27.8. The number of aliphatic hydroxyl groups is 1. The largest absolute Gasteiger partial charge is 0.510 e. The number of hydrogen-bond donors (Lipinski definition) is 1. The van der Waals surface area contributed by atoms with Gasteiger partial charge in [-0.2, -0.15) is 4.99 Å². The number of hydrogen-bond acceptors (Lipinski definition) is 6. The number of ether oxygens (including phenoxy) is 2. The van der Waals surface area contributed by atoms with E-state index < -0.39 is 17.7 Å². The predicted octanol–water partition coefficient (Wildman–Crippen LogP) is 3.62. The predicted molar refractivity (Wildman–Crippen MR) is 92.0 cm³/mol. The van der Waals surface area contributed by atoms with Gasteiger partial charge in [0.15, 0.2) is 0 Å². The monoisotopic (exact) mass is 349 g/mol. The summed E-state index contributed by atoms with van der Waals surface area (Å²) in [5.41, 5.74) is 0.0405. The van der Waals surface area contributed by atoms with Crippen LogP contribution in [0.1, 0.15) is 26.3 Å². The molecule has 2 rings (SSSR count). The van der Waals surface area contributed by atoms with Crippen molar-refractivity contribution < 1.29 is 24.2 Å². The van der Waals surface area contributed by atoms with Crippen molar-refractivity contribution in [1.29, 1.82) is 0 Å². The topological polar surface area (TPSA) is 85.2 Å². The third kappa shape index (κ3) is 5.13. The first-order valence-corrected chi connectivity index (χ1v) is 8.33. The first kappa shape index (κ1) is 18.1. The molecule has 0 saturated carbocycles. The Morgan fingerprint density at radius 3 is 2.54 bits per heavy atom. The highest BCUT2D eigenvalue weighted by molar-refractivity contribution is 8.15. The van der Waals surface area contributed by atoms with E-state index in [2.05, 4.69) is 4.99 Å². The van der Waals surface area contributed by atoms with Crippen molar-refractivity contribution in [1.82, 2.24) is 0 Å². The van der Waals surface area contributed by atoms with Crippen molar-refractivity contribution in [2.75, 3.05) is 5.75 Å². The Kier molecular flexibility index (Phi) is 5.66. The van der Waals surface area contributed by atoms with Gasteiger partial charge in [0.25, 0.3) is 0 Å². The average molecular weight is 349 g/mol. The summed E-state index contributed by atoms with van der Waals surface area (Å²) in [6.45, 7) is 5.24. The molecule has 0 saturated heterocycles. The minimum absolute atomic E-state index is 0.0772. The Hall–Kier alpha value is -2.28. The van der Waals surface area contributed by atoms with Crippen LogP contribution in [0.3, 0.4) is 0 Å². The van der Waals surface area contributed by atoms with Crippen molar-refractivity contribution in [2.24, 2.45) is 4.99 Å². The molecule has 1 amide bonds. The van der Waals surface area contributed by atoms with Crippen LogP contribution >= 0.6 is 11.8 Å². The Morgan fingerprint density at radius 2 is 1.92 bits per heavy atom. The third-order valence-corrected chi connectivity index (χ3v) is 3.84. The molecule has 0 bridgehead atoms. The molecule has 0 spiro atoms. The number of esters is 1. The lowest BCUT2D eigenvalue weighted by molar-refractivity contribution is -0.149. The third-order valence-electron chi connectivity index (χ3n) is 2.85. The van der Waals surface area contributed by atoms with E-state index in [0.717, 1.165) is 17.3 Å². The molecule has 1 aliphatic rings. The molecular formula is C17H19NO5S. The molecule has 1 N–H and O–H groups in total. The number of aliphatic hydroxyl groups excluding tert-OH is 1. The lowest BCUT2D eigenvalue weighted by Gasteiger charge is -2.19. The molecule has 1 aromatic carbocycles. The number of aliphatic imine (C=N–C) groups is 1. The molecule has 0 atom stereocenters. The summed E-state index contributed by atoms with van der Waals surface area (Å²) < 4.78 is 10.3. The minimum atomic E-state index is -0.822. The molecule has 0 unspecified atom stereocenters. The molecule has 24 heavy (non-hydrogen) atoms. The normalized spacial score (nSPS) is 16.4. The summed E-state index contributed by atoms with van der Waals surface area (Å²) >= 11 is 1.09. The molecule has 1 aliphatic heterocycles. The summed E-state index contributed by atoms with van der Waals surface area (Å²) in [7, 11) is 0. The lowest BCUT2D eigenvalue weighted by Crippen LogP contribution is -2.26. The fourth-order valence-electron chi connectivity index (χ4n) is 1.86. The van der Waals surface area contributed by atoms with E-state index in [9.17, 15) is 14.7 Å². The minimum Gasteiger partial charge on any atom is -0.510 e. The molecule has 6 nitrogen and oxygen atoms in total. The Bertz CT molecular complexity index is 689. The number of benzene rings is 1. The maximum atomic E-state index is 12.2. The molecule has 7 heteroatoms. The second-order valence-electron chi connectivity index (χ2n) is 6.07. The van der Waals surface area contributed by atoms with Gasteiger partial charge in [-0.1, -0.05) is 42.1 Å². The second kappa shape index (κ2) is 7.53. The Morgan fingerprint density at radius 1 is 1.25 bits per heavy atom. The van der Waals surface area contributed by atoms with Crippen molar-refractivity contribution in [3.63, 3.8) is 0 Å². The van der Waals surface area contributed by atoms with Crippen LogP contribution < -0.4 is 0 Å². The molecule has 1 heterocycles. The molecule has 0 aliphatic carbocycles. The van der Waals surface area contributed by atoms with Crippen LogP contribution in [0.4, 0.5) is 4.79 Å². The zero-order valence-electron chi connectivity index (χ0n) is 13.7. The van der Waals surface area contributed by atoms with Gasteiger partial charge in [-0.3, -0.25) is 0 Å². The van der Waals surface area contributed by atoms with Crippen LogP contribution in [-0.4, -0.2) is 33.6 Å². The molecule has 0 radical (unpaired) electrons. The van der Waals surface area contributed by atoms with Crippen molar-refractivity contribution in [2.45, 2.75) is 33.0 Å². The van der Waals surface area contributed by atoms with Gasteiger partial charge in [-0.15, -0.1) is 0 Å². The van der Waals surface area contributed by atoms with E-state index in [1.54, 1.807) is 20.8 Å². The number of rotatable bonds is 3. The zero-order valence-corrected chi connectivity index (χ0v) is 14.6. The smallest absolute Gasteiger partial charge is 0.435 e. The van der Waals surface area contributed by atoms with Crippen LogP contribution in [0.2, 0.25) is 0 Å². The van der Waals surface area contributed by atoms with E-state index in [0.29, 0.717) is 0 Å². The van der Waals surface area contributed by atoms with Crippen LogP contribution in [0.15, 0.2) is 46.7 Å². The van der Waals surface area contributed by atoms with Crippen LogP contribution in [-0.2, 0) is 20.9 Å². The number of amides is 1. The first-order chi connectivity index (χ1) is 11.3. The first-order valence-electron chi connectivity index (χ1n) is 7.34. The second-order valence-corrected chi connectivity index (χ2v) is 7.03. The molecular weight excluding hydrogens is 330 g/mol. The van der Waals surface area contributed by atoms with E-state index in [-0.39, 0.29) is 28.7 Å². The van der Waals surface area contributed by atoms with Gasteiger partial charge >= 0.3 is 12.1 Å². The van der Waals surface area contributed by atoms with E-state index in [1.165, 1.54) is 0 Å². The van der Waals surface area contributed by atoms with Crippen LogP contribution in [0, 0.1) is 0 Å². The maximum Gasteiger partial charge on any atom is 0.435 e. The van der Waals surface area contributed by atoms with E-state index >= 15 is 0 Å². The van der Waals surface area contributed by atoms with E-state index in [4.69, 9.17) is 9.47 Å². The SMILES string of the molecule is CC(C)(C)OC(=O)C1=C(O)CSC1=NC(=O)OCc1ccccc1.